The molecule has 1 aliphatic carbocycles. The Kier molecular flexibility index (Phi) is 3.93. The van der Waals surface area contributed by atoms with Gasteiger partial charge in [-0.05, 0) is 30.9 Å². The lowest BCUT2D eigenvalue weighted by molar-refractivity contribution is 0.609. The molecule has 0 saturated heterocycles. The first kappa shape index (κ1) is 11.9. The zero-order chi connectivity index (χ0) is 12.1. The fourth-order valence-corrected chi connectivity index (χ4v) is 1.54. The molecular weight excluding hydrogens is 219 g/mol. The van der Waals surface area contributed by atoms with Crippen molar-refractivity contribution in [3.63, 3.8) is 0 Å². The summed E-state index contributed by atoms with van der Waals surface area (Å²) in [6, 6.07) is 7.24. The van der Waals surface area contributed by atoms with Gasteiger partial charge in [0, 0.05) is 12.6 Å². The van der Waals surface area contributed by atoms with Crippen molar-refractivity contribution in [2.75, 3.05) is 6.54 Å². The maximum absolute atomic E-state index is 13.3. The van der Waals surface area contributed by atoms with Gasteiger partial charge in [-0.25, -0.2) is 10.2 Å². The highest BCUT2D eigenvalue weighted by Gasteiger charge is 2.21. The van der Waals surface area contributed by atoms with Crippen LogP contribution in [0.2, 0.25) is 0 Å². The summed E-state index contributed by atoms with van der Waals surface area (Å²) in [5, 5.41) is 3.16. The van der Waals surface area contributed by atoms with Crippen molar-refractivity contribution in [1.29, 1.82) is 0 Å². The average molecular weight is 236 g/mol. The van der Waals surface area contributed by atoms with Gasteiger partial charge in [0.2, 0.25) is 5.96 Å². The molecule has 0 aliphatic heterocycles. The molecule has 4 N–H and O–H groups in total. The van der Waals surface area contributed by atoms with Gasteiger partial charge in [-0.2, -0.15) is 0 Å². The third-order valence-electron chi connectivity index (χ3n) is 2.66. The van der Waals surface area contributed by atoms with E-state index in [1.165, 1.54) is 6.07 Å². The van der Waals surface area contributed by atoms with Crippen LogP contribution >= 0.6 is 0 Å². The predicted molar refractivity (Wildman–Crippen MR) is 65.9 cm³/mol. The third kappa shape index (κ3) is 3.71. The second kappa shape index (κ2) is 5.63. The van der Waals surface area contributed by atoms with Gasteiger partial charge in [-0.3, -0.25) is 10.4 Å². The average Bonchev–Trinajstić information content (AvgIpc) is 3.14. The number of aliphatic imine (C=N–C) groups is 1. The van der Waals surface area contributed by atoms with Crippen molar-refractivity contribution in [3.05, 3.63) is 35.6 Å². The maximum Gasteiger partial charge on any atom is 0.205 e. The molecular formula is C12H17FN4. The first-order valence-electron chi connectivity index (χ1n) is 5.80. The van der Waals surface area contributed by atoms with Crippen molar-refractivity contribution >= 4 is 5.96 Å². The fraction of sp³-hybridized carbons (Fsp3) is 0.417. The van der Waals surface area contributed by atoms with E-state index in [4.69, 9.17) is 5.84 Å². The molecule has 0 heterocycles. The van der Waals surface area contributed by atoms with Crippen LogP contribution in [0.1, 0.15) is 18.4 Å². The van der Waals surface area contributed by atoms with E-state index in [-0.39, 0.29) is 5.82 Å². The van der Waals surface area contributed by atoms with Gasteiger partial charge in [-0.1, -0.05) is 18.2 Å². The zero-order valence-electron chi connectivity index (χ0n) is 9.62. The molecule has 0 radical (unpaired) electrons. The lowest BCUT2D eigenvalue weighted by Crippen LogP contribution is -2.42. The zero-order valence-corrected chi connectivity index (χ0v) is 9.62. The van der Waals surface area contributed by atoms with Crippen LogP contribution in [0, 0.1) is 5.82 Å². The third-order valence-corrected chi connectivity index (χ3v) is 2.66. The first-order valence-corrected chi connectivity index (χ1v) is 5.80. The number of nitrogens with two attached hydrogens (primary N) is 1. The van der Waals surface area contributed by atoms with E-state index in [9.17, 15) is 4.39 Å². The van der Waals surface area contributed by atoms with Crippen LogP contribution in [0.4, 0.5) is 4.39 Å². The highest BCUT2D eigenvalue weighted by molar-refractivity contribution is 5.79. The molecule has 92 valence electrons. The summed E-state index contributed by atoms with van der Waals surface area (Å²) in [7, 11) is 0. The fourth-order valence-electron chi connectivity index (χ4n) is 1.54. The van der Waals surface area contributed by atoms with Crippen molar-refractivity contribution in [2.24, 2.45) is 10.8 Å². The molecule has 2 rings (SSSR count). The van der Waals surface area contributed by atoms with Gasteiger partial charge in [0.05, 0.1) is 0 Å². The summed E-state index contributed by atoms with van der Waals surface area (Å²) >= 11 is 0. The first-order chi connectivity index (χ1) is 8.29. The van der Waals surface area contributed by atoms with Crippen molar-refractivity contribution in [2.45, 2.75) is 25.3 Å². The lowest BCUT2D eigenvalue weighted by atomic mass is 10.1. The highest BCUT2D eigenvalue weighted by atomic mass is 19.1. The minimum Gasteiger partial charge on any atom is -0.353 e. The summed E-state index contributed by atoms with van der Waals surface area (Å²) in [6.07, 6.45) is 2.90. The van der Waals surface area contributed by atoms with Crippen LogP contribution in [0.3, 0.4) is 0 Å². The number of guanidine groups is 1. The lowest BCUT2D eigenvalue weighted by Gasteiger charge is -2.07. The monoisotopic (exact) mass is 236 g/mol. The Morgan fingerprint density at radius 1 is 1.41 bits per heavy atom. The molecule has 1 aliphatic rings. The molecule has 0 aromatic heterocycles. The van der Waals surface area contributed by atoms with Crippen molar-refractivity contribution < 1.29 is 4.39 Å². The minimum absolute atomic E-state index is 0.180. The molecule has 0 atom stereocenters. The van der Waals surface area contributed by atoms with E-state index in [2.05, 4.69) is 15.7 Å². The van der Waals surface area contributed by atoms with Crippen LogP contribution in [-0.2, 0) is 6.42 Å². The van der Waals surface area contributed by atoms with E-state index in [1.54, 1.807) is 12.1 Å². The van der Waals surface area contributed by atoms with Crippen LogP contribution in [0.5, 0.6) is 0 Å². The molecule has 1 fully saturated rings. The molecule has 17 heavy (non-hydrogen) atoms. The Balaban J connectivity index is 1.84. The van der Waals surface area contributed by atoms with Gasteiger partial charge in [-0.15, -0.1) is 0 Å². The van der Waals surface area contributed by atoms with Crippen molar-refractivity contribution in [1.82, 2.24) is 10.7 Å². The molecule has 0 unspecified atom stereocenters. The van der Waals surface area contributed by atoms with E-state index >= 15 is 0 Å². The highest BCUT2D eigenvalue weighted by Crippen LogP contribution is 2.18. The Morgan fingerprint density at radius 3 is 2.82 bits per heavy atom. The number of rotatable bonds is 4. The second-order valence-corrected chi connectivity index (χ2v) is 4.13. The van der Waals surface area contributed by atoms with Crippen LogP contribution in [0.25, 0.3) is 0 Å². The van der Waals surface area contributed by atoms with Crippen molar-refractivity contribution in [3.8, 4) is 0 Å². The smallest absolute Gasteiger partial charge is 0.205 e. The maximum atomic E-state index is 13.3. The van der Waals surface area contributed by atoms with Crippen LogP contribution < -0.4 is 16.6 Å². The van der Waals surface area contributed by atoms with E-state index < -0.39 is 0 Å². The van der Waals surface area contributed by atoms with E-state index in [0.717, 1.165) is 12.8 Å². The van der Waals surface area contributed by atoms with Crippen LogP contribution in [0.15, 0.2) is 29.3 Å². The van der Waals surface area contributed by atoms with E-state index in [1.807, 2.05) is 6.07 Å². The number of nitrogens with zero attached hydrogens (tertiary/aromatic N) is 1. The Hall–Kier alpha value is -1.62. The predicted octanol–water partition coefficient (Wildman–Crippen LogP) is 0.939. The number of hydrazine groups is 1. The Bertz CT molecular complexity index is 401. The summed E-state index contributed by atoms with van der Waals surface area (Å²) in [5.41, 5.74) is 3.20. The van der Waals surface area contributed by atoms with Gasteiger partial charge in [0.15, 0.2) is 0 Å². The molecule has 4 nitrogen and oxygen atoms in total. The summed E-state index contributed by atoms with van der Waals surface area (Å²) in [4.78, 5) is 4.26. The molecule has 0 spiro atoms. The molecule has 1 saturated carbocycles. The minimum atomic E-state index is -0.180. The molecule has 1 aromatic carbocycles. The number of hydrogen-bond donors (Lipinski definition) is 3. The molecule has 1 aromatic rings. The number of benzene rings is 1. The van der Waals surface area contributed by atoms with Gasteiger partial charge in [0.1, 0.15) is 5.82 Å². The topological polar surface area (TPSA) is 62.4 Å². The van der Waals surface area contributed by atoms with Crippen LogP contribution in [-0.4, -0.2) is 18.5 Å². The summed E-state index contributed by atoms with van der Waals surface area (Å²) in [5.74, 6) is 5.75. The van der Waals surface area contributed by atoms with Gasteiger partial charge < -0.3 is 5.32 Å². The number of halogens is 1. The Labute approximate surface area is 100 Å². The molecule has 5 heteroatoms. The summed E-state index contributed by atoms with van der Waals surface area (Å²) < 4.78 is 13.3. The van der Waals surface area contributed by atoms with Gasteiger partial charge in [0.25, 0.3) is 0 Å². The number of nitrogens with one attached hydrogen (secondary N) is 2. The molecule has 0 bridgehead atoms. The summed E-state index contributed by atoms with van der Waals surface area (Å²) in [6.45, 7) is 0.514. The second-order valence-electron chi connectivity index (χ2n) is 4.13. The van der Waals surface area contributed by atoms with Gasteiger partial charge >= 0.3 is 0 Å². The quantitative estimate of drug-likeness (QED) is 0.315. The standard InChI is InChI=1S/C12H17FN4/c13-11-4-2-1-3-9(11)7-8-15-12(17-14)16-10-5-6-10/h1-4,10H,5-8,14H2,(H2,15,16,17). The SMILES string of the molecule is NNC(=NCCc1ccccc1F)NC1CC1. The Morgan fingerprint density at radius 2 is 2.18 bits per heavy atom. The molecule has 0 amide bonds. The van der Waals surface area contributed by atoms with E-state index in [0.29, 0.717) is 30.5 Å². The number of hydrogen-bond acceptors (Lipinski definition) is 2. The largest absolute Gasteiger partial charge is 0.353 e. The normalized spacial score (nSPS) is 15.8.